The Labute approximate surface area is 147 Å². The van der Waals surface area contributed by atoms with Gasteiger partial charge in [-0.3, -0.25) is 19.2 Å². The van der Waals surface area contributed by atoms with Crippen LogP contribution in [0.15, 0.2) is 28.1 Å². The lowest BCUT2D eigenvalue weighted by Crippen LogP contribution is -2.23. The van der Waals surface area contributed by atoms with Crippen LogP contribution in [0.2, 0.25) is 0 Å². The number of esters is 2. The highest BCUT2D eigenvalue weighted by molar-refractivity contribution is 8.18. The van der Waals surface area contributed by atoms with Crippen molar-refractivity contribution in [3.05, 3.63) is 28.7 Å². The third-order valence-corrected chi connectivity index (χ3v) is 3.58. The van der Waals surface area contributed by atoms with E-state index in [0.29, 0.717) is 5.56 Å². The summed E-state index contributed by atoms with van der Waals surface area (Å²) in [6.07, 6.45) is 1.52. The first kappa shape index (κ1) is 18.4. The van der Waals surface area contributed by atoms with Gasteiger partial charge in [-0.15, -0.1) is 0 Å². The van der Waals surface area contributed by atoms with Crippen LogP contribution in [0.5, 0.6) is 11.5 Å². The summed E-state index contributed by atoms with van der Waals surface area (Å²) in [6, 6.07) is 4.49. The van der Waals surface area contributed by atoms with E-state index in [0.717, 1.165) is 11.8 Å². The number of rotatable bonds is 3. The minimum absolute atomic E-state index is 0.0514. The Kier molecular flexibility index (Phi) is 5.71. The molecule has 1 aromatic carbocycles. The second-order valence-electron chi connectivity index (χ2n) is 4.91. The van der Waals surface area contributed by atoms with Crippen LogP contribution in [-0.2, 0) is 19.2 Å². The molecule has 2 amide bonds. The Morgan fingerprint density at radius 3 is 2.32 bits per heavy atom. The van der Waals surface area contributed by atoms with Crippen LogP contribution in [-0.4, -0.2) is 28.9 Å². The van der Waals surface area contributed by atoms with Crippen LogP contribution < -0.4 is 14.8 Å². The molecule has 0 saturated carbocycles. The number of aliphatic imine (C=N–C) groups is 1. The number of amidine groups is 1. The molecule has 0 bridgehead atoms. The second kappa shape index (κ2) is 7.75. The van der Waals surface area contributed by atoms with Gasteiger partial charge in [-0.2, -0.15) is 4.99 Å². The molecule has 0 fully saturated rings. The summed E-state index contributed by atoms with van der Waals surface area (Å²) in [4.78, 5) is 49.2. The van der Waals surface area contributed by atoms with Crippen molar-refractivity contribution < 1.29 is 28.7 Å². The van der Waals surface area contributed by atoms with Gasteiger partial charge in [-0.05, 0) is 35.5 Å². The van der Waals surface area contributed by atoms with Gasteiger partial charge in [-0.25, -0.2) is 0 Å². The summed E-state index contributed by atoms with van der Waals surface area (Å²) in [5.41, 5.74) is 0.530. The van der Waals surface area contributed by atoms with Crippen molar-refractivity contribution in [2.75, 3.05) is 0 Å². The summed E-state index contributed by atoms with van der Waals surface area (Å²) in [7, 11) is 0. The van der Waals surface area contributed by atoms with E-state index in [1.54, 1.807) is 6.07 Å². The lowest BCUT2D eigenvalue weighted by Gasteiger charge is -2.09. The van der Waals surface area contributed by atoms with Crippen molar-refractivity contribution >= 4 is 46.8 Å². The molecule has 1 N–H and O–H groups in total. The monoisotopic (exact) mass is 362 g/mol. The number of carbonyl (C=O) groups excluding carboxylic acids is 4. The van der Waals surface area contributed by atoms with Crippen LogP contribution >= 0.6 is 11.8 Å². The standard InChI is InChI=1S/C16H14N2O6S/c1-8(19)17-16-18-15(22)14(25-16)7-11-4-5-12(23-9(2)20)13(6-11)24-10(3)21/h4-7H,1-3H3,(H,17,18,19,22)/b14-7-. The molecule has 0 saturated heterocycles. The lowest BCUT2D eigenvalue weighted by atomic mass is 10.2. The van der Waals surface area contributed by atoms with Crippen molar-refractivity contribution in [1.29, 1.82) is 0 Å². The molecule has 1 aliphatic heterocycles. The highest BCUT2D eigenvalue weighted by Crippen LogP contribution is 2.32. The number of nitrogens with zero attached hydrogens (tertiary/aromatic N) is 1. The first-order valence-corrected chi connectivity index (χ1v) is 7.87. The third-order valence-electron chi connectivity index (χ3n) is 2.68. The van der Waals surface area contributed by atoms with E-state index in [1.807, 2.05) is 0 Å². The molecule has 0 radical (unpaired) electrons. The molecular weight excluding hydrogens is 348 g/mol. The van der Waals surface area contributed by atoms with Crippen LogP contribution in [0.3, 0.4) is 0 Å². The summed E-state index contributed by atoms with van der Waals surface area (Å²) in [5, 5.41) is 2.64. The highest BCUT2D eigenvalue weighted by atomic mass is 32.2. The molecule has 0 aromatic heterocycles. The van der Waals surface area contributed by atoms with Crippen LogP contribution in [0.25, 0.3) is 6.08 Å². The first-order chi connectivity index (χ1) is 11.7. The fourth-order valence-electron chi connectivity index (χ4n) is 1.85. The fraction of sp³-hybridized carbons (Fsp3) is 0.188. The zero-order valence-electron chi connectivity index (χ0n) is 13.6. The zero-order valence-corrected chi connectivity index (χ0v) is 14.4. The molecule has 25 heavy (non-hydrogen) atoms. The fourth-order valence-corrected chi connectivity index (χ4v) is 2.71. The second-order valence-corrected chi connectivity index (χ2v) is 5.94. The van der Waals surface area contributed by atoms with Gasteiger partial charge in [0.2, 0.25) is 5.91 Å². The van der Waals surface area contributed by atoms with Crippen molar-refractivity contribution in [3.63, 3.8) is 0 Å². The van der Waals surface area contributed by atoms with Gasteiger partial charge in [0.05, 0.1) is 4.91 Å². The largest absolute Gasteiger partial charge is 0.423 e. The Morgan fingerprint density at radius 2 is 1.72 bits per heavy atom. The molecule has 0 unspecified atom stereocenters. The average Bonchev–Trinajstić information content (AvgIpc) is 2.79. The number of hydrogen-bond acceptors (Lipinski definition) is 7. The van der Waals surface area contributed by atoms with Gasteiger partial charge in [0.15, 0.2) is 16.7 Å². The maximum absolute atomic E-state index is 11.9. The molecule has 1 aromatic rings. The van der Waals surface area contributed by atoms with E-state index in [2.05, 4.69) is 10.3 Å². The maximum atomic E-state index is 11.9. The number of carbonyl (C=O) groups is 4. The van der Waals surface area contributed by atoms with Gasteiger partial charge in [-0.1, -0.05) is 6.07 Å². The molecule has 1 heterocycles. The predicted octanol–water partition coefficient (Wildman–Crippen LogP) is 1.64. The Balaban J connectivity index is 2.28. The summed E-state index contributed by atoms with van der Waals surface area (Å²) < 4.78 is 10.0. The topological polar surface area (TPSA) is 111 Å². The summed E-state index contributed by atoms with van der Waals surface area (Å²) in [5.74, 6) is -1.83. The normalized spacial score (nSPS) is 14.9. The first-order valence-electron chi connectivity index (χ1n) is 7.05. The third kappa shape index (κ3) is 5.28. The number of benzene rings is 1. The summed E-state index contributed by atoms with van der Waals surface area (Å²) >= 11 is 1.01. The molecular formula is C16H14N2O6S. The number of hydrogen-bond donors (Lipinski definition) is 1. The van der Waals surface area contributed by atoms with Crippen molar-refractivity contribution in [2.45, 2.75) is 20.8 Å². The van der Waals surface area contributed by atoms with Crippen LogP contribution in [0.4, 0.5) is 0 Å². The lowest BCUT2D eigenvalue weighted by molar-refractivity contribution is -0.134. The van der Waals surface area contributed by atoms with Crippen molar-refractivity contribution in [3.8, 4) is 11.5 Å². The van der Waals surface area contributed by atoms with Gasteiger partial charge in [0.1, 0.15) is 0 Å². The van der Waals surface area contributed by atoms with Crippen LogP contribution in [0, 0.1) is 0 Å². The maximum Gasteiger partial charge on any atom is 0.308 e. The number of ether oxygens (including phenoxy) is 2. The van der Waals surface area contributed by atoms with E-state index in [1.165, 1.54) is 39.0 Å². The van der Waals surface area contributed by atoms with E-state index in [-0.39, 0.29) is 27.5 Å². The van der Waals surface area contributed by atoms with Crippen molar-refractivity contribution in [2.24, 2.45) is 4.99 Å². The van der Waals surface area contributed by atoms with E-state index < -0.39 is 17.8 Å². The number of amides is 2. The van der Waals surface area contributed by atoms with Gasteiger partial charge in [0, 0.05) is 20.8 Å². The average molecular weight is 362 g/mol. The highest BCUT2D eigenvalue weighted by Gasteiger charge is 2.22. The molecule has 130 valence electrons. The van der Waals surface area contributed by atoms with E-state index in [9.17, 15) is 19.2 Å². The van der Waals surface area contributed by atoms with Gasteiger partial charge in [0.25, 0.3) is 5.91 Å². The summed E-state index contributed by atoms with van der Waals surface area (Å²) in [6.45, 7) is 3.75. The molecule has 0 atom stereocenters. The molecule has 9 heteroatoms. The Bertz CT molecular complexity index is 828. The van der Waals surface area contributed by atoms with E-state index in [4.69, 9.17) is 9.47 Å². The minimum atomic E-state index is -0.583. The Hall–Kier alpha value is -2.94. The zero-order chi connectivity index (χ0) is 18.6. The molecule has 2 rings (SSSR count). The smallest absolute Gasteiger partial charge is 0.308 e. The van der Waals surface area contributed by atoms with E-state index >= 15 is 0 Å². The number of nitrogens with one attached hydrogen (secondary N) is 1. The molecule has 8 nitrogen and oxygen atoms in total. The predicted molar refractivity (Wildman–Crippen MR) is 90.9 cm³/mol. The van der Waals surface area contributed by atoms with Gasteiger partial charge < -0.3 is 14.8 Å². The van der Waals surface area contributed by atoms with Crippen molar-refractivity contribution in [1.82, 2.24) is 5.32 Å². The molecule has 1 aliphatic rings. The van der Waals surface area contributed by atoms with Crippen LogP contribution in [0.1, 0.15) is 26.3 Å². The minimum Gasteiger partial charge on any atom is -0.423 e. The molecule has 0 spiro atoms. The Morgan fingerprint density at radius 1 is 1.08 bits per heavy atom. The number of thioether (sulfide) groups is 1. The quantitative estimate of drug-likeness (QED) is 0.494. The molecule has 0 aliphatic carbocycles. The SMILES string of the molecule is CC(=O)NC1=NC(=O)/C(=C/c2ccc(OC(C)=O)c(OC(C)=O)c2)S1. The van der Waals surface area contributed by atoms with Gasteiger partial charge >= 0.3 is 11.9 Å².